The standard InChI is InChI=1S/C10H10BrClO2/c1-7(13)14-10(6-11)8-2-4-9(12)5-3-8/h2-5,10H,6H2,1H3. The summed E-state index contributed by atoms with van der Waals surface area (Å²) in [5, 5.41) is 1.25. The van der Waals surface area contributed by atoms with Gasteiger partial charge in [0.15, 0.2) is 0 Å². The largest absolute Gasteiger partial charge is 0.457 e. The van der Waals surface area contributed by atoms with Gasteiger partial charge in [-0.1, -0.05) is 39.7 Å². The van der Waals surface area contributed by atoms with Gasteiger partial charge in [0, 0.05) is 17.3 Å². The molecule has 76 valence electrons. The maximum absolute atomic E-state index is 10.8. The Balaban J connectivity index is 2.78. The van der Waals surface area contributed by atoms with E-state index in [2.05, 4.69) is 15.9 Å². The SMILES string of the molecule is CC(=O)OC(CBr)c1ccc(Cl)cc1. The molecule has 1 aromatic rings. The van der Waals surface area contributed by atoms with Crippen LogP contribution in [0.1, 0.15) is 18.6 Å². The number of carbonyl (C=O) groups excluding carboxylic acids is 1. The molecule has 0 radical (unpaired) electrons. The van der Waals surface area contributed by atoms with E-state index in [-0.39, 0.29) is 12.1 Å². The van der Waals surface area contributed by atoms with E-state index in [1.165, 1.54) is 6.92 Å². The van der Waals surface area contributed by atoms with E-state index in [4.69, 9.17) is 16.3 Å². The van der Waals surface area contributed by atoms with Gasteiger partial charge in [0.25, 0.3) is 0 Å². The molecular weight excluding hydrogens is 267 g/mol. The van der Waals surface area contributed by atoms with E-state index in [0.29, 0.717) is 10.4 Å². The minimum absolute atomic E-state index is 0.246. The lowest BCUT2D eigenvalue weighted by Gasteiger charge is -2.14. The van der Waals surface area contributed by atoms with Gasteiger partial charge >= 0.3 is 5.97 Å². The van der Waals surface area contributed by atoms with E-state index in [1.807, 2.05) is 12.1 Å². The fraction of sp³-hybridized carbons (Fsp3) is 0.300. The number of esters is 1. The molecular formula is C10H10BrClO2. The van der Waals surface area contributed by atoms with E-state index >= 15 is 0 Å². The Bertz CT molecular complexity index is 310. The zero-order chi connectivity index (χ0) is 10.6. The van der Waals surface area contributed by atoms with Gasteiger partial charge in [0.05, 0.1) is 0 Å². The van der Waals surface area contributed by atoms with Crippen molar-refractivity contribution in [3.05, 3.63) is 34.9 Å². The highest BCUT2D eigenvalue weighted by Crippen LogP contribution is 2.21. The summed E-state index contributed by atoms with van der Waals surface area (Å²) in [6.07, 6.45) is -0.246. The van der Waals surface area contributed by atoms with E-state index in [1.54, 1.807) is 12.1 Å². The van der Waals surface area contributed by atoms with Crippen LogP contribution < -0.4 is 0 Å². The van der Waals surface area contributed by atoms with Gasteiger partial charge in [-0.15, -0.1) is 0 Å². The highest BCUT2D eigenvalue weighted by Gasteiger charge is 2.12. The molecule has 0 N–H and O–H groups in total. The second-order valence-electron chi connectivity index (χ2n) is 2.80. The third-order valence-corrected chi connectivity index (χ3v) is 2.53. The number of hydrogen-bond donors (Lipinski definition) is 0. The van der Waals surface area contributed by atoms with Crippen molar-refractivity contribution in [3.8, 4) is 0 Å². The molecule has 1 aromatic carbocycles. The van der Waals surface area contributed by atoms with Crippen LogP contribution >= 0.6 is 27.5 Å². The molecule has 0 aromatic heterocycles. The summed E-state index contributed by atoms with van der Waals surface area (Å²) in [4.78, 5) is 10.8. The van der Waals surface area contributed by atoms with Crippen LogP contribution in [0.3, 0.4) is 0 Å². The van der Waals surface area contributed by atoms with Crippen molar-refractivity contribution in [2.24, 2.45) is 0 Å². The number of carbonyl (C=O) groups is 1. The van der Waals surface area contributed by atoms with E-state index in [9.17, 15) is 4.79 Å². The van der Waals surface area contributed by atoms with Crippen LogP contribution in [0.4, 0.5) is 0 Å². The van der Waals surface area contributed by atoms with Crippen molar-refractivity contribution < 1.29 is 9.53 Å². The summed E-state index contributed by atoms with van der Waals surface area (Å²) in [6, 6.07) is 7.24. The molecule has 14 heavy (non-hydrogen) atoms. The Labute approximate surface area is 96.3 Å². The van der Waals surface area contributed by atoms with Crippen molar-refractivity contribution >= 4 is 33.5 Å². The van der Waals surface area contributed by atoms with Crippen LogP contribution in [0.25, 0.3) is 0 Å². The first-order valence-corrected chi connectivity index (χ1v) is 5.62. The Kier molecular flexibility index (Phi) is 4.42. The Hall–Kier alpha value is -0.540. The molecule has 2 nitrogen and oxygen atoms in total. The van der Waals surface area contributed by atoms with Gasteiger partial charge in [0.2, 0.25) is 0 Å². The lowest BCUT2D eigenvalue weighted by atomic mass is 10.1. The van der Waals surface area contributed by atoms with Crippen LogP contribution in [0, 0.1) is 0 Å². The molecule has 4 heteroatoms. The fourth-order valence-corrected chi connectivity index (χ4v) is 1.70. The Morgan fingerprint density at radius 1 is 1.50 bits per heavy atom. The summed E-state index contributed by atoms with van der Waals surface area (Å²) in [6.45, 7) is 1.39. The highest BCUT2D eigenvalue weighted by molar-refractivity contribution is 9.09. The maximum Gasteiger partial charge on any atom is 0.303 e. The van der Waals surface area contributed by atoms with E-state index in [0.717, 1.165) is 5.56 Å². The summed E-state index contributed by atoms with van der Waals surface area (Å²) in [7, 11) is 0. The molecule has 0 aliphatic heterocycles. The van der Waals surface area contributed by atoms with Gasteiger partial charge in [0.1, 0.15) is 6.10 Å². The zero-order valence-corrected chi connectivity index (χ0v) is 10.0. The molecule has 0 bridgehead atoms. The molecule has 0 aliphatic rings. The lowest BCUT2D eigenvalue weighted by molar-refractivity contribution is -0.145. The fourth-order valence-electron chi connectivity index (χ4n) is 1.07. The first-order chi connectivity index (χ1) is 6.63. The number of rotatable bonds is 3. The molecule has 0 heterocycles. The monoisotopic (exact) mass is 276 g/mol. The smallest absolute Gasteiger partial charge is 0.303 e. The molecule has 1 rings (SSSR count). The highest BCUT2D eigenvalue weighted by atomic mass is 79.9. The molecule has 0 fully saturated rings. The number of hydrogen-bond acceptors (Lipinski definition) is 2. The quantitative estimate of drug-likeness (QED) is 0.626. The van der Waals surface area contributed by atoms with Gasteiger partial charge < -0.3 is 4.74 Å². The van der Waals surface area contributed by atoms with Gasteiger partial charge in [-0.05, 0) is 17.7 Å². The topological polar surface area (TPSA) is 26.3 Å². The third-order valence-electron chi connectivity index (χ3n) is 1.69. The van der Waals surface area contributed by atoms with Crippen molar-refractivity contribution in [2.75, 3.05) is 5.33 Å². The Morgan fingerprint density at radius 2 is 2.07 bits per heavy atom. The van der Waals surface area contributed by atoms with Crippen LogP contribution in [-0.2, 0) is 9.53 Å². The lowest BCUT2D eigenvalue weighted by Crippen LogP contribution is -2.09. The average molecular weight is 278 g/mol. The summed E-state index contributed by atoms with van der Waals surface area (Å²) < 4.78 is 5.10. The van der Waals surface area contributed by atoms with Crippen molar-refractivity contribution in [1.82, 2.24) is 0 Å². The molecule has 0 saturated heterocycles. The molecule has 0 amide bonds. The number of alkyl halides is 1. The predicted octanol–water partition coefficient (Wildman–Crippen LogP) is 3.34. The molecule has 0 saturated carbocycles. The summed E-state index contributed by atoms with van der Waals surface area (Å²) in [5.74, 6) is -0.288. The predicted molar refractivity (Wildman–Crippen MR) is 59.8 cm³/mol. The summed E-state index contributed by atoms with van der Waals surface area (Å²) >= 11 is 9.04. The van der Waals surface area contributed by atoms with Crippen LogP contribution in [0.15, 0.2) is 24.3 Å². The van der Waals surface area contributed by atoms with Crippen molar-refractivity contribution in [3.63, 3.8) is 0 Å². The Morgan fingerprint density at radius 3 is 2.50 bits per heavy atom. The first-order valence-electron chi connectivity index (χ1n) is 4.12. The van der Waals surface area contributed by atoms with Gasteiger partial charge in [-0.3, -0.25) is 4.79 Å². The minimum atomic E-state index is -0.288. The van der Waals surface area contributed by atoms with Crippen LogP contribution in [0.5, 0.6) is 0 Å². The minimum Gasteiger partial charge on any atom is -0.457 e. The zero-order valence-electron chi connectivity index (χ0n) is 7.67. The third kappa shape index (κ3) is 3.31. The van der Waals surface area contributed by atoms with Crippen molar-refractivity contribution in [2.45, 2.75) is 13.0 Å². The number of benzene rings is 1. The van der Waals surface area contributed by atoms with Crippen molar-refractivity contribution in [1.29, 1.82) is 0 Å². The van der Waals surface area contributed by atoms with E-state index < -0.39 is 0 Å². The molecule has 1 atom stereocenters. The second-order valence-corrected chi connectivity index (χ2v) is 3.89. The maximum atomic E-state index is 10.8. The average Bonchev–Trinajstić information content (AvgIpc) is 2.15. The number of halogens is 2. The molecule has 0 aliphatic carbocycles. The molecule has 0 spiro atoms. The van der Waals surface area contributed by atoms with Crippen LogP contribution in [-0.4, -0.2) is 11.3 Å². The molecule has 1 unspecified atom stereocenters. The normalized spacial score (nSPS) is 12.2. The van der Waals surface area contributed by atoms with Crippen LogP contribution in [0.2, 0.25) is 5.02 Å². The van der Waals surface area contributed by atoms with Gasteiger partial charge in [-0.25, -0.2) is 0 Å². The first kappa shape index (κ1) is 11.5. The van der Waals surface area contributed by atoms with Gasteiger partial charge in [-0.2, -0.15) is 0 Å². The number of ether oxygens (including phenoxy) is 1. The summed E-state index contributed by atoms with van der Waals surface area (Å²) in [5.41, 5.74) is 0.932. The second kappa shape index (κ2) is 5.37.